The third kappa shape index (κ3) is 3.39. The van der Waals surface area contributed by atoms with Gasteiger partial charge in [0, 0.05) is 6.04 Å². The highest BCUT2D eigenvalue weighted by Crippen LogP contribution is 2.11. The predicted molar refractivity (Wildman–Crippen MR) is 74.6 cm³/mol. The van der Waals surface area contributed by atoms with Gasteiger partial charge in [-0.05, 0) is 25.5 Å². The SMILES string of the molecule is CCCCCC(C)Nc1nnc2ccccc2n1. The Morgan fingerprint density at radius 3 is 2.67 bits per heavy atom. The normalized spacial score (nSPS) is 12.6. The van der Waals surface area contributed by atoms with Gasteiger partial charge in [0.1, 0.15) is 5.52 Å². The minimum absolute atomic E-state index is 0.388. The van der Waals surface area contributed by atoms with Crippen LogP contribution in [-0.2, 0) is 0 Å². The van der Waals surface area contributed by atoms with Gasteiger partial charge in [-0.25, -0.2) is 4.98 Å². The Bertz CT molecular complexity index is 498. The molecule has 0 saturated heterocycles. The summed E-state index contributed by atoms with van der Waals surface area (Å²) in [5, 5.41) is 11.6. The van der Waals surface area contributed by atoms with Gasteiger partial charge in [-0.1, -0.05) is 38.3 Å². The van der Waals surface area contributed by atoms with Gasteiger partial charge in [0.25, 0.3) is 0 Å². The summed E-state index contributed by atoms with van der Waals surface area (Å²) in [6, 6.07) is 8.17. The van der Waals surface area contributed by atoms with Gasteiger partial charge in [0.05, 0.1) is 5.52 Å². The van der Waals surface area contributed by atoms with Crippen LogP contribution in [0.1, 0.15) is 39.5 Å². The van der Waals surface area contributed by atoms with E-state index in [9.17, 15) is 0 Å². The lowest BCUT2D eigenvalue weighted by molar-refractivity contribution is 0.611. The number of para-hydroxylation sites is 1. The third-order valence-corrected chi connectivity index (χ3v) is 2.98. The van der Waals surface area contributed by atoms with Crippen LogP contribution in [0, 0.1) is 0 Å². The van der Waals surface area contributed by atoms with Crippen LogP contribution < -0.4 is 5.32 Å². The van der Waals surface area contributed by atoms with Gasteiger partial charge < -0.3 is 5.32 Å². The summed E-state index contributed by atoms with van der Waals surface area (Å²) in [6.45, 7) is 4.38. The molecule has 1 N–H and O–H groups in total. The second-order valence-electron chi connectivity index (χ2n) is 4.67. The van der Waals surface area contributed by atoms with Gasteiger partial charge in [-0.15, -0.1) is 10.2 Å². The number of aromatic nitrogens is 3. The van der Waals surface area contributed by atoms with Gasteiger partial charge in [0.2, 0.25) is 5.95 Å². The Balaban J connectivity index is 1.98. The molecular formula is C14H20N4. The van der Waals surface area contributed by atoms with Gasteiger partial charge >= 0.3 is 0 Å². The molecule has 0 aliphatic heterocycles. The fourth-order valence-corrected chi connectivity index (χ4v) is 1.94. The lowest BCUT2D eigenvalue weighted by atomic mass is 10.1. The van der Waals surface area contributed by atoms with Crippen molar-refractivity contribution in [1.29, 1.82) is 0 Å². The van der Waals surface area contributed by atoms with Crippen LogP contribution in [0.15, 0.2) is 24.3 Å². The van der Waals surface area contributed by atoms with Crippen LogP contribution in [0.3, 0.4) is 0 Å². The van der Waals surface area contributed by atoms with Crippen molar-refractivity contribution < 1.29 is 0 Å². The van der Waals surface area contributed by atoms with E-state index in [-0.39, 0.29) is 0 Å². The molecule has 0 aliphatic carbocycles. The minimum atomic E-state index is 0.388. The van der Waals surface area contributed by atoms with Gasteiger partial charge in [-0.3, -0.25) is 0 Å². The Morgan fingerprint density at radius 1 is 1.11 bits per heavy atom. The Kier molecular flexibility index (Phi) is 4.45. The minimum Gasteiger partial charge on any atom is -0.350 e. The maximum Gasteiger partial charge on any atom is 0.243 e. The third-order valence-electron chi connectivity index (χ3n) is 2.98. The molecular weight excluding hydrogens is 224 g/mol. The van der Waals surface area contributed by atoms with E-state index in [0.717, 1.165) is 17.5 Å². The Labute approximate surface area is 108 Å². The largest absolute Gasteiger partial charge is 0.350 e. The summed E-state index contributed by atoms with van der Waals surface area (Å²) in [5.41, 5.74) is 1.72. The second-order valence-corrected chi connectivity index (χ2v) is 4.67. The maximum absolute atomic E-state index is 4.46. The summed E-state index contributed by atoms with van der Waals surface area (Å²) < 4.78 is 0. The van der Waals surface area contributed by atoms with Crippen LogP contribution in [0.4, 0.5) is 5.95 Å². The molecule has 0 spiro atoms. The van der Waals surface area contributed by atoms with Crippen molar-refractivity contribution in [2.45, 2.75) is 45.6 Å². The molecule has 0 fully saturated rings. The number of hydrogen-bond donors (Lipinski definition) is 1. The molecule has 2 aromatic rings. The van der Waals surface area contributed by atoms with E-state index >= 15 is 0 Å². The molecule has 2 rings (SSSR count). The van der Waals surface area contributed by atoms with Crippen molar-refractivity contribution in [3.63, 3.8) is 0 Å². The van der Waals surface area contributed by atoms with E-state index in [4.69, 9.17) is 0 Å². The van der Waals surface area contributed by atoms with Crippen molar-refractivity contribution in [2.24, 2.45) is 0 Å². The van der Waals surface area contributed by atoms with E-state index in [0.29, 0.717) is 12.0 Å². The van der Waals surface area contributed by atoms with E-state index in [1.165, 1.54) is 19.3 Å². The maximum atomic E-state index is 4.46. The molecule has 18 heavy (non-hydrogen) atoms. The first-order valence-electron chi connectivity index (χ1n) is 6.65. The van der Waals surface area contributed by atoms with E-state index < -0.39 is 0 Å². The molecule has 4 nitrogen and oxygen atoms in total. The molecule has 96 valence electrons. The number of nitrogens with one attached hydrogen (secondary N) is 1. The van der Waals surface area contributed by atoms with Crippen LogP contribution >= 0.6 is 0 Å². The lowest BCUT2D eigenvalue weighted by Crippen LogP contribution is -2.17. The number of hydrogen-bond acceptors (Lipinski definition) is 4. The zero-order valence-corrected chi connectivity index (χ0v) is 11.1. The second kappa shape index (κ2) is 6.28. The smallest absolute Gasteiger partial charge is 0.243 e. The standard InChI is InChI=1S/C14H20N4/c1-3-4-5-8-11(2)15-14-16-12-9-6-7-10-13(12)17-18-14/h6-7,9-11H,3-5,8H2,1-2H3,(H,15,16,18). The monoisotopic (exact) mass is 244 g/mol. The summed E-state index contributed by atoms with van der Waals surface area (Å²) in [7, 11) is 0. The first-order valence-corrected chi connectivity index (χ1v) is 6.65. The molecule has 0 amide bonds. The number of nitrogens with zero attached hydrogens (tertiary/aromatic N) is 3. The molecule has 4 heteroatoms. The zero-order chi connectivity index (χ0) is 12.8. The zero-order valence-electron chi connectivity index (χ0n) is 11.1. The highest BCUT2D eigenvalue weighted by molar-refractivity contribution is 5.74. The summed E-state index contributed by atoms with van der Waals surface area (Å²) in [6.07, 6.45) is 4.92. The molecule has 1 atom stereocenters. The molecule has 1 aromatic heterocycles. The van der Waals surface area contributed by atoms with Crippen LogP contribution in [0.2, 0.25) is 0 Å². The average Bonchev–Trinajstić information content (AvgIpc) is 2.39. The molecule has 1 unspecified atom stereocenters. The van der Waals surface area contributed by atoms with Crippen molar-refractivity contribution in [3.8, 4) is 0 Å². The van der Waals surface area contributed by atoms with Crippen molar-refractivity contribution >= 4 is 17.0 Å². The van der Waals surface area contributed by atoms with Crippen LogP contribution in [0.25, 0.3) is 11.0 Å². The topological polar surface area (TPSA) is 50.7 Å². The molecule has 1 aromatic carbocycles. The number of anilines is 1. The van der Waals surface area contributed by atoms with E-state index in [1.807, 2.05) is 24.3 Å². The van der Waals surface area contributed by atoms with Crippen LogP contribution in [-0.4, -0.2) is 21.2 Å². The summed E-state index contributed by atoms with van der Waals surface area (Å²) in [4.78, 5) is 4.46. The highest BCUT2D eigenvalue weighted by Gasteiger charge is 2.05. The fourth-order valence-electron chi connectivity index (χ4n) is 1.94. The molecule has 0 radical (unpaired) electrons. The van der Waals surface area contributed by atoms with Gasteiger partial charge in [0.15, 0.2) is 0 Å². The number of rotatable bonds is 6. The number of fused-ring (bicyclic) bond motifs is 1. The Hall–Kier alpha value is -1.71. The fraction of sp³-hybridized carbons (Fsp3) is 0.500. The van der Waals surface area contributed by atoms with Crippen molar-refractivity contribution in [2.75, 3.05) is 5.32 Å². The summed E-state index contributed by atoms with van der Waals surface area (Å²) in [5.74, 6) is 0.623. The van der Waals surface area contributed by atoms with Crippen LogP contribution in [0.5, 0.6) is 0 Å². The quantitative estimate of drug-likeness (QED) is 0.791. The van der Waals surface area contributed by atoms with E-state index in [1.54, 1.807) is 0 Å². The lowest BCUT2D eigenvalue weighted by Gasteiger charge is -2.12. The van der Waals surface area contributed by atoms with E-state index in [2.05, 4.69) is 34.3 Å². The molecule has 0 bridgehead atoms. The molecule has 1 heterocycles. The van der Waals surface area contributed by atoms with Crippen molar-refractivity contribution in [1.82, 2.24) is 15.2 Å². The number of benzene rings is 1. The van der Waals surface area contributed by atoms with Crippen molar-refractivity contribution in [3.05, 3.63) is 24.3 Å². The average molecular weight is 244 g/mol. The summed E-state index contributed by atoms with van der Waals surface area (Å²) >= 11 is 0. The highest BCUT2D eigenvalue weighted by atomic mass is 15.2. The molecule has 0 aliphatic rings. The first-order chi connectivity index (χ1) is 8.79. The predicted octanol–water partition coefficient (Wildman–Crippen LogP) is 3.41. The number of unbranched alkanes of at least 4 members (excludes halogenated alkanes) is 2. The Morgan fingerprint density at radius 2 is 1.89 bits per heavy atom. The first kappa shape index (κ1) is 12.7. The van der Waals surface area contributed by atoms with Gasteiger partial charge in [-0.2, -0.15) is 0 Å². The molecule has 0 saturated carbocycles.